The molecule has 1 saturated heterocycles. The highest BCUT2D eigenvalue weighted by molar-refractivity contribution is 5.86. The molecule has 0 aliphatic carbocycles. The third-order valence-corrected chi connectivity index (χ3v) is 5.01. The van der Waals surface area contributed by atoms with E-state index in [1.807, 2.05) is 42.5 Å². The van der Waals surface area contributed by atoms with Crippen LogP contribution in [0.1, 0.15) is 37.3 Å². The predicted octanol–water partition coefficient (Wildman–Crippen LogP) is 3.70. The zero-order valence-electron chi connectivity index (χ0n) is 16.8. The van der Waals surface area contributed by atoms with Crippen LogP contribution in [0.2, 0.25) is 0 Å². The Hall–Kier alpha value is -3.02. The fraction of sp³-hybridized carbons (Fsp3) is 0.391. The Morgan fingerprint density at radius 2 is 1.79 bits per heavy atom. The largest absolute Gasteiger partial charge is 0.490 e. The van der Waals surface area contributed by atoms with Crippen LogP contribution in [-0.4, -0.2) is 41.6 Å². The lowest BCUT2D eigenvalue weighted by Gasteiger charge is -2.16. The van der Waals surface area contributed by atoms with E-state index < -0.39 is 11.9 Å². The maximum Gasteiger partial charge on any atom is 0.308 e. The van der Waals surface area contributed by atoms with Crippen molar-refractivity contribution in [1.82, 2.24) is 4.90 Å². The Bertz CT molecular complexity index is 847. The summed E-state index contributed by atoms with van der Waals surface area (Å²) in [6.07, 6.45) is 0.0798. The van der Waals surface area contributed by atoms with Gasteiger partial charge in [0.15, 0.2) is 0 Å². The zero-order valence-corrected chi connectivity index (χ0v) is 16.8. The highest BCUT2D eigenvalue weighted by Crippen LogP contribution is 2.26. The van der Waals surface area contributed by atoms with E-state index in [2.05, 4.69) is 19.9 Å². The molecule has 0 bridgehead atoms. The molecule has 3 rings (SSSR count). The van der Waals surface area contributed by atoms with Crippen LogP contribution in [0.3, 0.4) is 0 Å². The summed E-state index contributed by atoms with van der Waals surface area (Å²) in [5.74, 6) is 0.375. The summed E-state index contributed by atoms with van der Waals surface area (Å²) >= 11 is 0. The number of nitrogens with zero attached hydrogens (tertiary/aromatic N) is 1. The van der Waals surface area contributed by atoms with Crippen molar-refractivity contribution in [2.45, 2.75) is 32.7 Å². The van der Waals surface area contributed by atoms with Crippen LogP contribution in [0.25, 0.3) is 0 Å². The van der Waals surface area contributed by atoms with Gasteiger partial charge in [0, 0.05) is 19.5 Å². The number of rotatable bonds is 9. The molecule has 0 radical (unpaired) electrons. The summed E-state index contributed by atoms with van der Waals surface area (Å²) in [7, 11) is 0. The van der Waals surface area contributed by atoms with Gasteiger partial charge in [0.05, 0.1) is 5.92 Å². The molecule has 1 aliphatic heterocycles. The molecule has 29 heavy (non-hydrogen) atoms. The monoisotopic (exact) mass is 397 g/mol. The van der Waals surface area contributed by atoms with E-state index in [1.165, 1.54) is 5.56 Å². The molecule has 6 heteroatoms. The normalized spacial score (nSPS) is 16.3. The van der Waals surface area contributed by atoms with E-state index in [4.69, 9.17) is 14.6 Å². The van der Waals surface area contributed by atoms with E-state index in [9.17, 15) is 9.59 Å². The number of benzene rings is 2. The number of carboxylic acids is 1. The Labute approximate surface area is 171 Å². The molecular weight excluding hydrogens is 370 g/mol. The number of likely N-dealkylation sites (tertiary alicyclic amines) is 1. The molecule has 1 aliphatic rings. The zero-order chi connectivity index (χ0) is 20.8. The fourth-order valence-corrected chi connectivity index (χ4v) is 3.40. The van der Waals surface area contributed by atoms with Crippen LogP contribution >= 0.6 is 0 Å². The van der Waals surface area contributed by atoms with Gasteiger partial charge in [-0.25, -0.2) is 0 Å². The van der Waals surface area contributed by atoms with Crippen molar-refractivity contribution < 1.29 is 24.2 Å². The van der Waals surface area contributed by atoms with Crippen LogP contribution in [-0.2, 0) is 16.1 Å². The number of hydrogen-bond acceptors (Lipinski definition) is 4. The molecule has 1 amide bonds. The number of carboxylic acid groups (broad SMARTS) is 1. The third kappa shape index (κ3) is 5.50. The van der Waals surface area contributed by atoms with E-state index in [-0.39, 0.29) is 18.9 Å². The number of ether oxygens (including phenoxy) is 2. The Balaban J connectivity index is 1.45. The van der Waals surface area contributed by atoms with Crippen LogP contribution in [0.5, 0.6) is 11.5 Å². The highest BCUT2D eigenvalue weighted by Gasteiger charge is 2.33. The molecule has 2 aromatic carbocycles. The SMILES string of the molecule is CC(C)c1ccccc1OCCOc1ccc(CN2CC(C(=O)O)CC2=O)cc1. The minimum Gasteiger partial charge on any atom is -0.490 e. The standard InChI is InChI=1S/C23H27NO5/c1-16(2)20-5-3-4-6-21(20)29-12-11-28-19-9-7-17(8-10-19)14-24-15-18(23(26)27)13-22(24)25/h3-10,16,18H,11-15H2,1-2H3,(H,26,27). The van der Waals surface area contributed by atoms with Crippen molar-refractivity contribution >= 4 is 11.9 Å². The van der Waals surface area contributed by atoms with E-state index >= 15 is 0 Å². The smallest absolute Gasteiger partial charge is 0.308 e. The lowest BCUT2D eigenvalue weighted by molar-refractivity contribution is -0.141. The summed E-state index contributed by atoms with van der Waals surface area (Å²) in [5.41, 5.74) is 2.12. The van der Waals surface area contributed by atoms with Gasteiger partial charge in [0.2, 0.25) is 5.91 Å². The van der Waals surface area contributed by atoms with Gasteiger partial charge >= 0.3 is 5.97 Å². The van der Waals surface area contributed by atoms with Crippen molar-refractivity contribution in [3.8, 4) is 11.5 Å². The summed E-state index contributed by atoms with van der Waals surface area (Å²) in [5, 5.41) is 9.06. The van der Waals surface area contributed by atoms with Crippen LogP contribution in [0.4, 0.5) is 0 Å². The van der Waals surface area contributed by atoms with Crippen molar-refractivity contribution in [2.75, 3.05) is 19.8 Å². The van der Waals surface area contributed by atoms with E-state index in [0.29, 0.717) is 25.7 Å². The van der Waals surface area contributed by atoms with Gasteiger partial charge in [0.1, 0.15) is 24.7 Å². The first-order valence-electron chi connectivity index (χ1n) is 9.88. The number of para-hydroxylation sites is 1. The molecule has 2 aromatic rings. The van der Waals surface area contributed by atoms with E-state index in [0.717, 1.165) is 17.1 Å². The van der Waals surface area contributed by atoms with Gasteiger partial charge in [-0.3, -0.25) is 9.59 Å². The predicted molar refractivity (Wildman–Crippen MR) is 109 cm³/mol. The summed E-state index contributed by atoms with van der Waals surface area (Å²) < 4.78 is 11.6. The molecule has 1 fully saturated rings. The lowest BCUT2D eigenvalue weighted by Crippen LogP contribution is -2.25. The number of amides is 1. The Morgan fingerprint density at radius 3 is 2.45 bits per heavy atom. The van der Waals surface area contributed by atoms with Gasteiger partial charge in [-0.15, -0.1) is 0 Å². The third-order valence-electron chi connectivity index (χ3n) is 5.01. The lowest BCUT2D eigenvalue weighted by atomic mass is 10.0. The first-order chi connectivity index (χ1) is 13.9. The van der Waals surface area contributed by atoms with Gasteiger partial charge < -0.3 is 19.5 Å². The summed E-state index contributed by atoms with van der Waals surface area (Å²) in [6, 6.07) is 15.5. The number of hydrogen-bond donors (Lipinski definition) is 1. The number of aliphatic carboxylic acids is 1. The van der Waals surface area contributed by atoms with Crippen LogP contribution < -0.4 is 9.47 Å². The summed E-state index contributed by atoms with van der Waals surface area (Å²) in [4.78, 5) is 24.6. The Kier molecular flexibility index (Phi) is 6.75. The number of carbonyl (C=O) groups is 2. The highest BCUT2D eigenvalue weighted by atomic mass is 16.5. The van der Waals surface area contributed by atoms with Gasteiger partial charge in [-0.1, -0.05) is 44.2 Å². The molecular formula is C23H27NO5. The topological polar surface area (TPSA) is 76.1 Å². The maximum atomic E-state index is 11.9. The van der Waals surface area contributed by atoms with Crippen molar-refractivity contribution in [1.29, 1.82) is 0 Å². The molecule has 1 unspecified atom stereocenters. The minimum absolute atomic E-state index is 0.0798. The first-order valence-corrected chi connectivity index (χ1v) is 9.88. The maximum absolute atomic E-state index is 11.9. The molecule has 0 spiro atoms. The van der Waals surface area contributed by atoms with Crippen molar-refractivity contribution in [3.63, 3.8) is 0 Å². The average molecular weight is 397 g/mol. The molecule has 154 valence electrons. The molecule has 1 atom stereocenters. The molecule has 6 nitrogen and oxygen atoms in total. The number of carbonyl (C=O) groups excluding carboxylic acids is 1. The molecule has 0 saturated carbocycles. The fourth-order valence-electron chi connectivity index (χ4n) is 3.40. The summed E-state index contributed by atoms with van der Waals surface area (Å²) in [6.45, 7) is 5.83. The van der Waals surface area contributed by atoms with Gasteiger partial charge in [-0.2, -0.15) is 0 Å². The van der Waals surface area contributed by atoms with Crippen LogP contribution in [0.15, 0.2) is 48.5 Å². The second-order valence-corrected chi connectivity index (χ2v) is 7.55. The molecule has 1 heterocycles. The van der Waals surface area contributed by atoms with E-state index in [1.54, 1.807) is 4.90 Å². The van der Waals surface area contributed by atoms with Gasteiger partial charge in [0.25, 0.3) is 0 Å². The molecule has 1 N–H and O–H groups in total. The van der Waals surface area contributed by atoms with Crippen molar-refractivity contribution in [3.05, 3.63) is 59.7 Å². The second kappa shape index (κ2) is 9.45. The second-order valence-electron chi connectivity index (χ2n) is 7.55. The quantitative estimate of drug-likeness (QED) is 0.653. The Morgan fingerprint density at radius 1 is 1.10 bits per heavy atom. The van der Waals surface area contributed by atoms with Crippen molar-refractivity contribution in [2.24, 2.45) is 5.92 Å². The van der Waals surface area contributed by atoms with Gasteiger partial charge in [-0.05, 0) is 35.2 Å². The first kappa shape index (κ1) is 20.7. The average Bonchev–Trinajstić information content (AvgIpc) is 3.07. The van der Waals surface area contributed by atoms with Crippen LogP contribution in [0, 0.1) is 5.92 Å². The molecule has 0 aromatic heterocycles. The minimum atomic E-state index is -0.914.